The molecule has 1 rings (SSSR count). The lowest BCUT2D eigenvalue weighted by atomic mass is 10.0. The van der Waals surface area contributed by atoms with Crippen LogP contribution in [0, 0.1) is 19.7 Å². The summed E-state index contributed by atoms with van der Waals surface area (Å²) in [5.74, 6) is -2.81. The standard InChI is InChI=1S/C12H12ClFO3/c1-4-17-12(16)11(15)9-7(3)8(13)5-6(2)10(9)14/h5H,4H2,1-3H3. The minimum atomic E-state index is -1.07. The average molecular weight is 259 g/mol. The Bertz CT molecular complexity index is 457. The molecule has 17 heavy (non-hydrogen) atoms. The smallest absolute Gasteiger partial charge is 0.379 e. The summed E-state index contributed by atoms with van der Waals surface area (Å²) >= 11 is 5.85. The molecule has 0 amide bonds. The lowest BCUT2D eigenvalue weighted by molar-refractivity contribution is -0.137. The van der Waals surface area contributed by atoms with Gasteiger partial charge in [0.25, 0.3) is 5.78 Å². The summed E-state index contributed by atoms with van der Waals surface area (Å²) in [7, 11) is 0. The van der Waals surface area contributed by atoms with Crippen molar-refractivity contribution in [2.24, 2.45) is 0 Å². The second-order valence-corrected chi connectivity index (χ2v) is 3.95. The van der Waals surface area contributed by atoms with Crippen molar-refractivity contribution in [3.63, 3.8) is 0 Å². The Balaban J connectivity index is 3.31. The Labute approximate surface area is 104 Å². The van der Waals surface area contributed by atoms with E-state index in [4.69, 9.17) is 11.6 Å². The molecule has 92 valence electrons. The van der Waals surface area contributed by atoms with Crippen LogP contribution in [0.2, 0.25) is 5.02 Å². The Morgan fingerprint density at radius 3 is 2.53 bits per heavy atom. The number of benzene rings is 1. The van der Waals surface area contributed by atoms with Crippen LogP contribution in [0.1, 0.15) is 28.4 Å². The molecule has 0 radical (unpaired) electrons. The van der Waals surface area contributed by atoms with Gasteiger partial charge in [-0.05, 0) is 38.0 Å². The molecular weight excluding hydrogens is 247 g/mol. The SMILES string of the molecule is CCOC(=O)C(=O)c1c(C)c(Cl)cc(C)c1F. The van der Waals surface area contributed by atoms with E-state index in [1.54, 1.807) is 6.92 Å². The molecule has 0 unspecified atom stereocenters. The third-order valence-corrected chi connectivity index (χ3v) is 2.72. The van der Waals surface area contributed by atoms with Crippen molar-refractivity contribution in [1.29, 1.82) is 0 Å². The summed E-state index contributed by atoms with van der Waals surface area (Å²) in [4.78, 5) is 23.0. The fourth-order valence-corrected chi connectivity index (χ4v) is 1.67. The molecule has 0 aliphatic rings. The number of ether oxygens (including phenoxy) is 1. The molecule has 0 aliphatic heterocycles. The van der Waals surface area contributed by atoms with Crippen LogP contribution in [0.15, 0.2) is 6.07 Å². The van der Waals surface area contributed by atoms with E-state index < -0.39 is 17.6 Å². The zero-order chi connectivity index (χ0) is 13.2. The Hall–Kier alpha value is -1.42. The van der Waals surface area contributed by atoms with Crippen LogP contribution in [0.4, 0.5) is 4.39 Å². The van der Waals surface area contributed by atoms with E-state index in [9.17, 15) is 14.0 Å². The highest BCUT2D eigenvalue weighted by atomic mass is 35.5. The van der Waals surface area contributed by atoms with E-state index in [1.165, 1.54) is 19.9 Å². The zero-order valence-corrected chi connectivity index (χ0v) is 10.5. The second kappa shape index (κ2) is 5.27. The molecular formula is C12H12ClFO3. The van der Waals surface area contributed by atoms with Crippen LogP contribution >= 0.6 is 11.6 Å². The van der Waals surface area contributed by atoms with E-state index in [-0.39, 0.29) is 28.3 Å². The Morgan fingerprint density at radius 1 is 1.41 bits per heavy atom. The number of hydrogen-bond acceptors (Lipinski definition) is 3. The van der Waals surface area contributed by atoms with Crippen molar-refractivity contribution in [2.45, 2.75) is 20.8 Å². The van der Waals surface area contributed by atoms with Gasteiger partial charge < -0.3 is 4.74 Å². The highest BCUT2D eigenvalue weighted by Crippen LogP contribution is 2.25. The molecule has 0 spiro atoms. The van der Waals surface area contributed by atoms with Gasteiger partial charge in [0, 0.05) is 5.02 Å². The number of esters is 1. The van der Waals surface area contributed by atoms with Gasteiger partial charge in [0.2, 0.25) is 0 Å². The molecule has 5 heteroatoms. The van der Waals surface area contributed by atoms with Crippen molar-refractivity contribution >= 4 is 23.4 Å². The topological polar surface area (TPSA) is 43.4 Å². The highest BCUT2D eigenvalue weighted by Gasteiger charge is 2.25. The molecule has 0 fully saturated rings. The summed E-state index contributed by atoms with van der Waals surface area (Å²) in [5, 5.41) is 0.247. The predicted octanol–water partition coefficient (Wildman–Crippen LogP) is 2.84. The molecule has 1 aromatic rings. The highest BCUT2D eigenvalue weighted by molar-refractivity contribution is 6.42. The maximum Gasteiger partial charge on any atom is 0.379 e. The van der Waals surface area contributed by atoms with Crippen LogP contribution in [0.25, 0.3) is 0 Å². The van der Waals surface area contributed by atoms with Gasteiger partial charge in [-0.25, -0.2) is 9.18 Å². The third-order valence-electron chi connectivity index (χ3n) is 2.33. The molecule has 0 N–H and O–H groups in total. The quantitative estimate of drug-likeness (QED) is 0.476. The molecule has 0 saturated heterocycles. The van der Waals surface area contributed by atoms with Crippen LogP contribution in [-0.4, -0.2) is 18.4 Å². The predicted molar refractivity (Wildman–Crippen MR) is 61.8 cm³/mol. The number of carbonyl (C=O) groups excluding carboxylic acids is 2. The number of halogens is 2. The third kappa shape index (κ3) is 2.64. The number of ketones is 1. The fraction of sp³-hybridized carbons (Fsp3) is 0.333. The Kier molecular flexibility index (Phi) is 4.23. The van der Waals surface area contributed by atoms with Gasteiger partial charge in [-0.2, -0.15) is 0 Å². The van der Waals surface area contributed by atoms with Gasteiger partial charge >= 0.3 is 5.97 Å². The van der Waals surface area contributed by atoms with Crippen LogP contribution in [0.3, 0.4) is 0 Å². The number of Topliss-reactive ketones (excluding diaryl/α,β-unsaturated/α-hetero) is 1. The van der Waals surface area contributed by atoms with Crippen LogP contribution < -0.4 is 0 Å². The monoisotopic (exact) mass is 258 g/mol. The van der Waals surface area contributed by atoms with Gasteiger partial charge in [-0.15, -0.1) is 0 Å². The number of rotatable bonds is 3. The maximum atomic E-state index is 13.8. The summed E-state index contributed by atoms with van der Waals surface area (Å²) in [6.45, 7) is 4.59. The van der Waals surface area contributed by atoms with Crippen molar-refractivity contribution in [1.82, 2.24) is 0 Å². The van der Waals surface area contributed by atoms with E-state index in [0.717, 1.165) is 0 Å². The van der Waals surface area contributed by atoms with Gasteiger partial charge in [0.05, 0.1) is 12.2 Å². The first kappa shape index (κ1) is 13.6. The van der Waals surface area contributed by atoms with E-state index >= 15 is 0 Å². The summed E-state index contributed by atoms with van der Waals surface area (Å²) in [6, 6.07) is 1.41. The molecule has 0 saturated carbocycles. The molecule has 0 heterocycles. The maximum absolute atomic E-state index is 13.8. The molecule has 0 bridgehead atoms. The summed E-state index contributed by atoms with van der Waals surface area (Å²) in [6.07, 6.45) is 0. The van der Waals surface area contributed by atoms with Crippen LogP contribution in [-0.2, 0) is 9.53 Å². The van der Waals surface area contributed by atoms with Gasteiger partial charge in [0.15, 0.2) is 0 Å². The average Bonchev–Trinajstić information content (AvgIpc) is 2.27. The fourth-order valence-electron chi connectivity index (χ4n) is 1.41. The largest absolute Gasteiger partial charge is 0.460 e. The van der Waals surface area contributed by atoms with Crippen molar-refractivity contribution in [3.8, 4) is 0 Å². The lowest BCUT2D eigenvalue weighted by Crippen LogP contribution is -2.20. The van der Waals surface area contributed by atoms with Gasteiger partial charge in [-0.3, -0.25) is 4.79 Å². The zero-order valence-electron chi connectivity index (χ0n) is 9.77. The van der Waals surface area contributed by atoms with Crippen LogP contribution in [0.5, 0.6) is 0 Å². The normalized spacial score (nSPS) is 10.2. The molecule has 1 aromatic carbocycles. The minimum Gasteiger partial charge on any atom is -0.460 e. The molecule has 0 atom stereocenters. The summed E-state index contributed by atoms with van der Waals surface area (Å²) < 4.78 is 18.4. The molecule has 0 aromatic heterocycles. The summed E-state index contributed by atoms with van der Waals surface area (Å²) in [5.41, 5.74) is 0.148. The lowest BCUT2D eigenvalue weighted by Gasteiger charge is -2.09. The first-order valence-corrected chi connectivity index (χ1v) is 5.44. The van der Waals surface area contributed by atoms with E-state index in [1.807, 2.05) is 0 Å². The molecule has 3 nitrogen and oxygen atoms in total. The van der Waals surface area contributed by atoms with Crippen molar-refractivity contribution < 1.29 is 18.7 Å². The number of hydrogen-bond donors (Lipinski definition) is 0. The van der Waals surface area contributed by atoms with Gasteiger partial charge in [0.1, 0.15) is 5.82 Å². The van der Waals surface area contributed by atoms with E-state index in [0.29, 0.717) is 0 Å². The number of aryl methyl sites for hydroxylation is 1. The van der Waals surface area contributed by atoms with Gasteiger partial charge in [-0.1, -0.05) is 11.6 Å². The first-order valence-electron chi connectivity index (χ1n) is 5.06. The van der Waals surface area contributed by atoms with Crippen molar-refractivity contribution in [2.75, 3.05) is 6.61 Å². The molecule has 0 aliphatic carbocycles. The minimum absolute atomic E-state index is 0.0603. The number of carbonyl (C=O) groups is 2. The second-order valence-electron chi connectivity index (χ2n) is 3.54. The Morgan fingerprint density at radius 2 is 2.00 bits per heavy atom. The first-order chi connectivity index (χ1) is 7.90. The van der Waals surface area contributed by atoms with E-state index in [2.05, 4.69) is 4.74 Å². The van der Waals surface area contributed by atoms with Crippen molar-refractivity contribution in [3.05, 3.63) is 33.6 Å².